The molecule has 2 aromatic heterocycles. The van der Waals surface area contributed by atoms with Crippen molar-refractivity contribution in [3.8, 4) is 6.07 Å². The summed E-state index contributed by atoms with van der Waals surface area (Å²) in [5.41, 5.74) is 10.1. The fraction of sp³-hybridized carbons (Fsp3) is 0.292. The van der Waals surface area contributed by atoms with Crippen molar-refractivity contribution in [2.75, 3.05) is 11.9 Å². The average Bonchev–Trinajstić information content (AvgIpc) is 3.36. The smallest absolute Gasteiger partial charge is 0.239 e. The molecule has 1 atom stereocenters. The summed E-state index contributed by atoms with van der Waals surface area (Å²) in [6, 6.07) is 13.6. The molecule has 32 heavy (non-hydrogen) atoms. The Hall–Kier alpha value is -3.41. The standard InChI is InChI=1S/C24H25N5O2S/c1-15-16(2)29(13-19-8-5-9-32-19)24(20(15)11-25)27-22(30)14-28-12-18-7-4-3-6-17(18)10-21(28)23(26)31/h3-9,21H,10,12-14H2,1-2H3,(H2,26,31)(H,27,30)/t21-/m0/s1. The minimum Gasteiger partial charge on any atom is -0.368 e. The van der Waals surface area contributed by atoms with E-state index in [1.165, 1.54) is 0 Å². The first kappa shape index (κ1) is 21.8. The maximum atomic E-state index is 13.1. The third-order valence-corrected chi connectivity index (χ3v) is 6.98. The molecule has 3 aromatic rings. The Balaban J connectivity index is 1.58. The van der Waals surface area contributed by atoms with Crippen LogP contribution in [0.5, 0.6) is 0 Å². The molecule has 164 valence electrons. The summed E-state index contributed by atoms with van der Waals surface area (Å²) in [6.45, 7) is 4.89. The number of aromatic nitrogens is 1. The quantitative estimate of drug-likeness (QED) is 0.606. The number of anilines is 1. The number of nitriles is 1. The number of nitrogens with zero attached hydrogens (tertiary/aromatic N) is 3. The molecular formula is C24H25N5O2S. The predicted molar refractivity (Wildman–Crippen MR) is 124 cm³/mol. The molecular weight excluding hydrogens is 422 g/mol. The SMILES string of the molecule is Cc1c(C#N)c(NC(=O)CN2Cc3ccccc3C[C@H]2C(N)=O)n(Cc2cccs2)c1C. The number of primary amides is 1. The van der Waals surface area contributed by atoms with Crippen LogP contribution in [0.25, 0.3) is 0 Å². The van der Waals surface area contributed by atoms with Gasteiger partial charge in [-0.3, -0.25) is 14.5 Å². The third kappa shape index (κ3) is 4.17. The molecule has 0 unspecified atom stereocenters. The van der Waals surface area contributed by atoms with E-state index in [2.05, 4.69) is 11.4 Å². The van der Waals surface area contributed by atoms with Gasteiger partial charge in [-0.25, -0.2) is 0 Å². The highest BCUT2D eigenvalue weighted by atomic mass is 32.1. The van der Waals surface area contributed by atoms with Crippen LogP contribution in [0.4, 0.5) is 5.82 Å². The zero-order valence-corrected chi connectivity index (χ0v) is 18.9. The molecule has 2 amide bonds. The lowest BCUT2D eigenvalue weighted by atomic mass is 9.93. The Bertz CT molecular complexity index is 1210. The van der Waals surface area contributed by atoms with E-state index in [1.807, 2.05) is 60.2 Å². The topological polar surface area (TPSA) is 104 Å². The first-order valence-corrected chi connectivity index (χ1v) is 11.3. The van der Waals surface area contributed by atoms with Gasteiger partial charge < -0.3 is 15.6 Å². The Kier molecular flexibility index (Phi) is 6.12. The maximum Gasteiger partial charge on any atom is 0.239 e. The van der Waals surface area contributed by atoms with Crippen LogP contribution < -0.4 is 11.1 Å². The summed E-state index contributed by atoms with van der Waals surface area (Å²) < 4.78 is 1.97. The zero-order chi connectivity index (χ0) is 22.8. The van der Waals surface area contributed by atoms with Gasteiger partial charge in [0, 0.05) is 17.1 Å². The molecule has 0 aliphatic carbocycles. The van der Waals surface area contributed by atoms with Crippen molar-refractivity contribution in [2.24, 2.45) is 5.73 Å². The fourth-order valence-electron chi connectivity index (χ4n) is 4.27. The van der Waals surface area contributed by atoms with Crippen LogP contribution in [0.1, 0.15) is 32.8 Å². The number of thiophene rings is 1. The number of fused-ring (bicyclic) bond motifs is 1. The molecule has 0 fully saturated rings. The number of rotatable bonds is 6. The second kappa shape index (κ2) is 8.99. The number of nitrogens with one attached hydrogen (secondary N) is 1. The van der Waals surface area contributed by atoms with Gasteiger partial charge in [-0.1, -0.05) is 30.3 Å². The molecule has 0 saturated carbocycles. The van der Waals surface area contributed by atoms with Gasteiger partial charge in [-0.15, -0.1) is 11.3 Å². The number of carbonyl (C=O) groups excluding carboxylic acids is 2. The highest BCUT2D eigenvalue weighted by molar-refractivity contribution is 7.09. The lowest BCUT2D eigenvalue weighted by Gasteiger charge is -2.34. The second-order valence-corrected chi connectivity index (χ2v) is 9.09. The summed E-state index contributed by atoms with van der Waals surface area (Å²) in [7, 11) is 0. The summed E-state index contributed by atoms with van der Waals surface area (Å²) in [5.74, 6) is -0.233. The lowest BCUT2D eigenvalue weighted by molar-refractivity contribution is -0.125. The third-order valence-electron chi connectivity index (χ3n) is 6.11. The number of amides is 2. The predicted octanol–water partition coefficient (Wildman–Crippen LogP) is 2.94. The number of hydrogen-bond donors (Lipinski definition) is 2. The average molecular weight is 448 g/mol. The van der Waals surface area contributed by atoms with Gasteiger partial charge in [-0.05, 0) is 48.4 Å². The number of hydrogen-bond acceptors (Lipinski definition) is 5. The van der Waals surface area contributed by atoms with Gasteiger partial charge in [-0.2, -0.15) is 5.26 Å². The van der Waals surface area contributed by atoms with Crippen molar-refractivity contribution in [3.63, 3.8) is 0 Å². The van der Waals surface area contributed by atoms with Crippen LogP contribution in [-0.2, 0) is 29.1 Å². The van der Waals surface area contributed by atoms with Crippen molar-refractivity contribution >= 4 is 29.0 Å². The molecule has 0 bridgehead atoms. The van der Waals surface area contributed by atoms with Crippen molar-refractivity contribution in [1.29, 1.82) is 5.26 Å². The van der Waals surface area contributed by atoms with E-state index >= 15 is 0 Å². The molecule has 7 nitrogen and oxygen atoms in total. The van der Waals surface area contributed by atoms with Gasteiger partial charge in [0.15, 0.2) is 0 Å². The van der Waals surface area contributed by atoms with Crippen LogP contribution in [0.2, 0.25) is 0 Å². The Labute approximate surface area is 191 Å². The molecule has 8 heteroatoms. The molecule has 0 saturated heterocycles. The second-order valence-electron chi connectivity index (χ2n) is 8.06. The Morgan fingerprint density at radius 1 is 1.22 bits per heavy atom. The molecule has 1 aliphatic heterocycles. The normalized spacial score (nSPS) is 15.7. The molecule has 1 aliphatic rings. The van der Waals surface area contributed by atoms with Gasteiger partial charge in [0.05, 0.1) is 24.7 Å². The minimum atomic E-state index is -0.549. The number of benzene rings is 1. The summed E-state index contributed by atoms with van der Waals surface area (Å²) in [4.78, 5) is 28.1. The van der Waals surface area contributed by atoms with Crippen LogP contribution in [-0.4, -0.2) is 33.9 Å². The van der Waals surface area contributed by atoms with Crippen LogP contribution in [0.3, 0.4) is 0 Å². The lowest BCUT2D eigenvalue weighted by Crippen LogP contribution is -2.51. The maximum absolute atomic E-state index is 13.1. The van der Waals surface area contributed by atoms with Crippen molar-refractivity contribution < 1.29 is 9.59 Å². The Morgan fingerprint density at radius 2 is 1.97 bits per heavy atom. The van der Waals surface area contributed by atoms with Crippen molar-refractivity contribution in [3.05, 3.63) is 74.6 Å². The van der Waals surface area contributed by atoms with Gasteiger partial charge in [0.1, 0.15) is 11.9 Å². The van der Waals surface area contributed by atoms with E-state index in [4.69, 9.17) is 5.73 Å². The van der Waals surface area contributed by atoms with E-state index in [-0.39, 0.29) is 12.5 Å². The van der Waals surface area contributed by atoms with Crippen LogP contribution in [0, 0.1) is 25.2 Å². The first-order valence-electron chi connectivity index (χ1n) is 10.4. The molecule has 1 aromatic carbocycles. The van der Waals surface area contributed by atoms with E-state index in [9.17, 15) is 14.9 Å². The van der Waals surface area contributed by atoms with Gasteiger partial charge in [0.2, 0.25) is 11.8 Å². The molecule has 4 rings (SSSR count). The van der Waals surface area contributed by atoms with Crippen molar-refractivity contribution in [1.82, 2.24) is 9.47 Å². The van der Waals surface area contributed by atoms with Crippen LogP contribution in [0.15, 0.2) is 41.8 Å². The zero-order valence-electron chi connectivity index (χ0n) is 18.1. The monoisotopic (exact) mass is 447 g/mol. The minimum absolute atomic E-state index is 0.00901. The highest BCUT2D eigenvalue weighted by Gasteiger charge is 2.31. The van der Waals surface area contributed by atoms with E-state index in [0.29, 0.717) is 30.9 Å². The Morgan fingerprint density at radius 3 is 2.62 bits per heavy atom. The van der Waals surface area contributed by atoms with E-state index < -0.39 is 11.9 Å². The molecule has 0 spiro atoms. The summed E-state index contributed by atoms with van der Waals surface area (Å²) >= 11 is 1.63. The number of nitrogens with two attached hydrogens (primary N) is 1. The molecule has 0 radical (unpaired) electrons. The van der Waals surface area contributed by atoms with Gasteiger partial charge in [0.25, 0.3) is 0 Å². The van der Waals surface area contributed by atoms with Crippen molar-refractivity contribution in [2.45, 2.75) is 39.4 Å². The fourth-order valence-corrected chi connectivity index (χ4v) is 4.96. The summed E-state index contributed by atoms with van der Waals surface area (Å²) in [6.07, 6.45) is 0.481. The highest BCUT2D eigenvalue weighted by Crippen LogP contribution is 2.29. The summed E-state index contributed by atoms with van der Waals surface area (Å²) in [5, 5.41) is 14.7. The van der Waals surface area contributed by atoms with Gasteiger partial charge >= 0.3 is 0 Å². The first-order chi connectivity index (χ1) is 15.4. The van der Waals surface area contributed by atoms with E-state index in [1.54, 1.807) is 16.2 Å². The van der Waals surface area contributed by atoms with E-state index in [0.717, 1.165) is 27.3 Å². The largest absolute Gasteiger partial charge is 0.368 e. The molecule has 3 N–H and O–H groups in total. The van der Waals surface area contributed by atoms with Crippen LogP contribution >= 0.6 is 11.3 Å². The molecule has 3 heterocycles. The number of carbonyl (C=O) groups is 2.